The molecule has 0 fully saturated rings. The van der Waals surface area contributed by atoms with Crippen molar-refractivity contribution in [2.75, 3.05) is 0 Å². The van der Waals surface area contributed by atoms with Crippen molar-refractivity contribution in [3.05, 3.63) is 28.2 Å². The first-order valence-electron chi connectivity index (χ1n) is 3.47. The third-order valence-electron chi connectivity index (χ3n) is 1.42. The first-order chi connectivity index (χ1) is 6.13. The van der Waals surface area contributed by atoms with Crippen molar-refractivity contribution >= 4 is 15.9 Å². The van der Waals surface area contributed by atoms with Gasteiger partial charge in [-0.2, -0.15) is 8.78 Å². The van der Waals surface area contributed by atoms with E-state index in [1.807, 2.05) is 0 Å². The van der Waals surface area contributed by atoms with Gasteiger partial charge in [-0.15, -0.1) is 0 Å². The third kappa shape index (κ3) is 2.93. The van der Waals surface area contributed by atoms with E-state index in [-0.39, 0.29) is 12.4 Å². The number of hydrogen-bond acceptors (Lipinski definition) is 2. The minimum absolute atomic E-state index is 0.0686. The Hall–Kier alpha value is -0.680. The summed E-state index contributed by atoms with van der Waals surface area (Å²) in [5, 5.41) is 8.77. The lowest BCUT2D eigenvalue weighted by Crippen LogP contribution is -2.02. The summed E-state index contributed by atoms with van der Waals surface area (Å²) in [6.07, 6.45) is 0. The summed E-state index contributed by atoms with van der Waals surface area (Å²) in [5.41, 5.74) is 0.626. The summed E-state index contributed by atoms with van der Waals surface area (Å²) in [7, 11) is 0. The predicted molar refractivity (Wildman–Crippen MR) is 46.7 cm³/mol. The van der Waals surface area contributed by atoms with E-state index in [2.05, 4.69) is 20.7 Å². The Labute approximate surface area is 82.3 Å². The SMILES string of the molecule is OCc1ccc(OC(F)F)cc1Br. The lowest BCUT2D eigenvalue weighted by molar-refractivity contribution is -0.0498. The fourth-order valence-electron chi connectivity index (χ4n) is 0.832. The topological polar surface area (TPSA) is 29.5 Å². The van der Waals surface area contributed by atoms with E-state index >= 15 is 0 Å². The lowest BCUT2D eigenvalue weighted by Gasteiger charge is -2.06. The average molecular weight is 253 g/mol. The van der Waals surface area contributed by atoms with E-state index in [0.717, 1.165) is 0 Å². The van der Waals surface area contributed by atoms with Crippen LogP contribution in [-0.2, 0) is 6.61 Å². The molecule has 0 saturated carbocycles. The van der Waals surface area contributed by atoms with Gasteiger partial charge in [0.05, 0.1) is 6.61 Å². The van der Waals surface area contributed by atoms with Gasteiger partial charge < -0.3 is 9.84 Å². The van der Waals surface area contributed by atoms with Crippen LogP contribution in [0.5, 0.6) is 5.75 Å². The van der Waals surface area contributed by atoms with Gasteiger partial charge in [0.2, 0.25) is 0 Å². The molecule has 0 aliphatic rings. The Bertz CT molecular complexity index is 291. The van der Waals surface area contributed by atoms with Crippen LogP contribution in [0.25, 0.3) is 0 Å². The monoisotopic (exact) mass is 252 g/mol. The Kier molecular flexibility index (Phi) is 3.62. The van der Waals surface area contributed by atoms with Gasteiger partial charge in [-0.3, -0.25) is 0 Å². The van der Waals surface area contributed by atoms with Crippen molar-refractivity contribution in [2.45, 2.75) is 13.2 Å². The molecule has 13 heavy (non-hydrogen) atoms. The zero-order valence-corrected chi connectivity index (χ0v) is 8.09. The molecule has 0 spiro atoms. The molecule has 0 amide bonds. The molecule has 0 saturated heterocycles. The first kappa shape index (κ1) is 10.4. The molecule has 0 aliphatic carbocycles. The third-order valence-corrected chi connectivity index (χ3v) is 2.16. The zero-order chi connectivity index (χ0) is 9.84. The molecule has 0 heterocycles. The normalized spacial score (nSPS) is 10.5. The van der Waals surface area contributed by atoms with E-state index in [4.69, 9.17) is 5.11 Å². The van der Waals surface area contributed by atoms with Crippen LogP contribution in [0, 0.1) is 0 Å². The highest BCUT2D eigenvalue weighted by molar-refractivity contribution is 9.10. The number of benzene rings is 1. The Balaban J connectivity index is 2.83. The van der Waals surface area contributed by atoms with Crippen LogP contribution in [0.1, 0.15) is 5.56 Å². The van der Waals surface area contributed by atoms with Gasteiger partial charge in [-0.25, -0.2) is 0 Å². The Morgan fingerprint density at radius 2 is 2.15 bits per heavy atom. The maximum absolute atomic E-state index is 11.7. The van der Waals surface area contributed by atoms with Crippen molar-refractivity contribution in [2.24, 2.45) is 0 Å². The number of rotatable bonds is 3. The number of aliphatic hydroxyl groups is 1. The molecule has 0 radical (unpaired) electrons. The number of ether oxygens (including phenoxy) is 1. The summed E-state index contributed by atoms with van der Waals surface area (Å²) < 4.78 is 28.2. The van der Waals surface area contributed by atoms with Gasteiger partial charge in [0, 0.05) is 4.47 Å². The molecule has 0 atom stereocenters. The van der Waals surface area contributed by atoms with E-state index in [1.165, 1.54) is 18.2 Å². The fraction of sp³-hybridized carbons (Fsp3) is 0.250. The Morgan fingerprint density at radius 1 is 1.46 bits per heavy atom. The van der Waals surface area contributed by atoms with E-state index in [1.54, 1.807) is 0 Å². The largest absolute Gasteiger partial charge is 0.435 e. The highest BCUT2D eigenvalue weighted by Crippen LogP contribution is 2.24. The van der Waals surface area contributed by atoms with Gasteiger partial charge in [-0.05, 0) is 17.7 Å². The van der Waals surface area contributed by atoms with Crippen molar-refractivity contribution in [1.82, 2.24) is 0 Å². The molecular weight excluding hydrogens is 246 g/mol. The number of alkyl halides is 2. The van der Waals surface area contributed by atoms with E-state index in [9.17, 15) is 8.78 Å². The van der Waals surface area contributed by atoms with E-state index < -0.39 is 6.61 Å². The summed E-state index contributed by atoms with van der Waals surface area (Å²) >= 11 is 3.11. The van der Waals surface area contributed by atoms with Gasteiger partial charge in [0.25, 0.3) is 0 Å². The summed E-state index contributed by atoms with van der Waals surface area (Å²) in [5.74, 6) is 0.0686. The van der Waals surface area contributed by atoms with Gasteiger partial charge >= 0.3 is 6.61 Å². The van der Waals surface area contributed by atoms with Gasteiger partial charge in [0.15, 0.2) is 0 Å². The smallest absolute Gasteiger partial charge is 0.387 e. The van der Waals surface area contributed by atoms with Crippen LogP contribution >= 0.6 is 15.9 Å². The van der Waals surface area contributed by atoms with Crippen LogP contribution in [0.3, 0.4) is 0 Å². The molecule has 1 aromatic carbocycles. The van der Waals surface area contributed by atoms with Crippen LogP contribution in [0.2, 0.25) is 0 Å². The second-order valence-corrected chi connectivity index (χ2v) is 3.14. The molecule has 1 N–H and O–H groups in total. The molecule has 5 heteroatoms. The second kappa shape index (κ2) is 4.53. The van der Waals surface area contributed by atoms with Crippen LogP contribution < -0.4 is 4.74 Å². The van der Waals surface area contributed by atoms with Crippen LogP contribution in [0.4, 0.5) is 8.78 Å². The minimum atomic E-state index is -2.83. The fourth-order valence-corrected chi connectivity index (χ4v) is 1.32. The molecule has 72 valence electrons. The molecule has 0 aliphatic heterocycles. The number of aliphatic hydroxyl groups excluding tert-OH is 1. The predicted octanol–water partition coefficient (Wildman–Crippen LogP) is 2.54. The summed E-state index contributed by atoms with van der Waals surface area (Å²) in [6.45, 7) is -2.97. The maximum Gasteiger partial charge on any atom is 0.387 e. The van der Waals surface area contributed by atoms with Crippen LogP contribution in [-0.4, -0.2) is 11.7 Å². The zero-order valence-electron chi connectivity index (χ0n) is 6.51. The van der Waals surface area contributed by atoms with Gasteiger partial charge in [-0.1, -0.05) is 22.0 Å². The van der Waals surface area contributed by atoms with Crippen molar-refractivity contribution in [1.29, 1.82) is 0 Å². The molecule has 1 rings (SSSR count). The number of hydrogen-bond donors (Lipinski definition) is 1. The molecule has 0 unspecified atom stereocenters. The molecular formula is C8H7BrF2O2. The van der Waals surface area contributed by atoms with Gasteiger partial charge in [0.1, 0.15) is 5.75 Å². The molecule has 0 bridgehead atoms. The summed E-state index contributed by atoms with van der Waals surface area (Å²) in [6, 6.07) is 4.28. The van der Waals surface area contributed by atoms with Crippen molar-refractivity contribution in [3.63, 3.8) is 0 Å². The van der Waals surface area contributed by atoms with Crippen LogP contribution in [0.15, 0.2) is 22.7 Å². The van der Waals surface area contributed by atoms with E-state index in [0.29, 0.717) is 10.0 Å². The molecule has 2 nitrogen and oxygen atoms in total. The highest BCUT2D eigenvalue weighted by Gasteiger charge is 2.06. The second-order valence-electron chi connectivity index (χ2n) is 2.29. The molecule has 0 aromatic heterocycles. The average Bonchev–Trinajstić information content (AvgIpc) is 2.03. The lowest BCUT2D eigenvalue weighted by atomic mass is 10.2. The number of halogens is 3. The van der Waals surface area contributed by atoms with Crippen molar-refractivity contribution < 1.29 is 18.6 Å². The molecule has 1 aromatic rings. The first-order valence-corrected chi connectivity index (χ1v) is 4.27. The van der Waals surface area contributed by atoms with Crippen molar-refractivity contribution in [3.8, 4) is 5.75 Å². The summed E-state index contributed by atoms with van der Waals surface area (Å²) in [4.78, 5) is 0. The minimum Gasteiger partial charge on any atom is -0.435 e. The maximum atomic E-state index is 11.7. The standard InChI is InChI=1S/C8H7BrF2O2/c9-7-3-6(13-8(10)11)2-1-5(7)4-12/h1-3,8,12H,4H2. The Morgan fingerprint density at radius 3 is 2.62 bits per heavy atom. The quantitative estimate of drug-likeness (QED) is 0.896. The highest BCUT2D eigenvalue weighted by atomic mass is 79.9.